The maximum atomic E-state index is 14.0. The fraction of sp³-hybridized carbons (Fsp3) is 0.333. The van der Waals surface area contributed by atoms with Crippen LogP contribution in [0.5, 0.6) is 0 Å². The first kappa shape index (κ1) is 20.7. The SMILES string of the molecule is O=c1c(-c2ccc3cc(N4CCCCC4)ncc3c2)c(C2CC2)ccn1N1CCc2ccccc21. The van der Waals surface area contributed by atoms with E-state index < -0.39 is 0 Å². The molecule has 0 spiro atoms. The van der Waals surface area contributed by atoms with Crippen molar-refractivity contribution in [2.45, 2.75) is 44.4 Å². The lowest BCUT2D eigenvalue weighted by Gasteiger charge is -2.27. The Bertz CT molecular complexity index is 1480. The second-order valence-corrected chi connectivity index (χ2v) is 10.2. The number of aromatic nitrogens is 2. The summed E-state index contributed by atoms with van der Waals surface area (Å²) >= 11 is 0. The highest BCUT2D eigenvalue weighted by Gasteiger charge is 2.30. The van der Waals surface area contributed by atoms with Gasteiger partial charge in [0.1, 0.15) is 5.82 Å². The van der Waals surface area contributed by atoms with Crippen LogP contribution < -0.4 is 15.5 Å². The molecule has 0 radical (unpaired) electrons. The van der Waals surface area contributed by atoms with Crippen LogP contribution in [0.1, 0.15) is 49.1 Å². The first-order valence-electron chi connectivity index (χ1n) is 13.0. The van der Waals surface area contributed by atoms with Crippen molar-refractivity contribution in [3.8, 4) is 11.1 Å². The molecule has 5 nitrogen and oxygen atoms in total. The smallest absolute Gasteiger partial charge is 0.277 e. The first-order valence-corrected chi connectivity index (χ1v) is 13.0. The summed E-state index contributed by atoms with van der Waals surface area (Å²) in [7, 11) is 0. The van der Waals surface area contributed by atoms with Crippen LogP contribution in [-0.2, 0) is 6.42 Å². The second-order valence-electron chi connectivity index (χ2n) is 10.2. The maximum absolute atomic E-state index is 14.0. The highest BCUT2D eigenvalue weighted by Crippen LogP contribution is 2.44. The lowest BCUT2D eigenvalue weighted by molar-refractivity contribution is 0.574. The highest BCUT2D eigenvalue weighted by molar-refractivity contribution is 5.89. The molecular weight excluding hydrogens is 432 g/mol. The van der Waals surface area contributed by atoms with Gasteiger partial charge in [0.25, 0.3) is 5.56 Å². The number of hydrogen-bond acceptors (Lipinski definition) is 4. The lowest BCUT2D eigenvalue weighted by atomic mass is 9.96. The molecule has 3 aliphatic rings. The molecule has 4 heterocycles. The molecule has 0 N–H and O–H groups in total. The van der Waals surface area contributed by atoms with E-state index in [0.717, 1.165) is 66.9 Å². The zero-order valence-electron chi connectivity index (χ0n) is 20.0. The molecule has 4 aromatic rings. The number of pyridine rings is 2. The van der Waals surface area contributed by atoms with E-state index in [1.165, 1.54) is 35.8 Å². The van der Waals surface area contributed by atoms with E-state index in [-0.39, 0.29) is 5.56 Å². The van der Waals surface area contributed by atoms with Crippen LogP contribution in [0.4, 0.5) is 11.5 Å². The second kappa shape index (κ2) is 8.26. The van der Waals surface area contributed by atoms with Gasteiger partial charge in [0.05, 0.1) is 11.3 Å². The minimum Gasteiger partial charge on any atom is -0.357 e. The highest BCUT2D eigenvalue weighted by atomic mass is 16.1. The molecule has 2 aliphatic heterocycles. The third-order valence-electron chi connectivity index (χ3n) is 7.92. The topological polar surface area (TPSA) is 41.4 Å². The third-order valence-corrected chi connectivity index (χ3v) is 7.92. The van der Waals surface area contributed by atoms with Gasteiger partial charge in [0.15, 0.2) is 0 Å². The van der Waals surface area contributed by atoms with Crippen molar-refractivity contribution < 1.29 is 0 Å². The van der Waals surface area contributed by atoms with Gasteiger partial charge in [-0.1, -0.05) is 30.3 Å². The average molecular weight is 463 g/mol. The molecule has 35 heavy (non-hydrogen) atoms. The Kier molecular flexibility index (Phi) is 4.90. The molecule has 1 aliphatic carbocycles. The van der Waals surface area contributed by atoms with Crippen molar-refractivity contribution in [2.75, 3.05) is 29.5 Å². The first-order chi connectivity index (χ1) is 17.3. The minimum atomic E-state index is 0.0725. The maximum Gasteiger partial charge on any atom is 0.277 e. The van der Waals surface area contributed by atoms with Crippen LogP contribution in [0.15, 0.2) is 71.8 Å². The van der Waals surface area contributed by atoms with Gasteiger partial charge in [-0.2, -0.15) is 0 Å². The molecular formula is C30H30N4O. The Labute approximate surface area is 205 Å². The number of fused-ring (bicyclic) bond motifs is 2. The zero-order valence-corrected chi connectivity index (χ0v) is 20.0. The van der Waals surface area contributed by atoms with Gasteiger partial charge in [-0.25, -0.2) is 9.66 Å². The lowest BCUT2D eigenvalue weighted by Crippen LogP contribution is -2.38. The van der Waals surface area contributed by atoms with Crippen molar-refractivity contribution in [2.24, 2.45) is 0 Å². The number of nitrogens with zero attached hydrogens (tertiary/aromatic N) is 4. The number of hydrogen-bond donors (Lipinski definition) is 0. The van der Waals surface area contributed by atoms with Crippen molar-refractivity contribution in [3.05, 3.63) is 88.5 Å². The number of rotatable bonds is 4. The summed E-state index contributed by atoms with van der Waals surface area (Å²) in [6.07, 6.45) is 11.0. The van der Waals surface area contributed by atoms with Gasteiger partial charge in [-0.05, 0) is 90.8 Å². The standard InChI is InChI=1S/C30H30N4O/c35-30-29(24-11-10-23-19-28(31-20-25(23)18-24)32-14-4-1-5-15-32)26(21-8-9-21)13-17-34(30)33-16-12-22-6-2-3-7-27(22)33/h2-3,6-7,10-11,13,17-21H,1,4-5,8-9,12,14-16H2. The molecule has 0 amide bonds. The van der Waals surface area contributed by atoms with Crippen LogP contribution in [0.3, 0.4) is 0 Å². The summed E-state index contributed by atoms with van der Waals surface area (Å²) in [5.41, 5.74) is 5.54. The predicted molar refractivity (Wildman–Crippen MR) is 142 cm³/mol. The van der Waals surface area contributed by atoms with Crippen LogP contribution in [0.25, 0.3) is 21.9 Å². The van der Waals surface area contributed by atoms with Gasteiger partial charge in [0.2, 0.25) is 0 Å². The molecule has 176 valence electrons. The fourth-order valence-electron chi connectivity index (χ4n) is 5.88. The van der Waals surface area contributed by atoms with E-state index in [2.05, 4.69) is 64.5 Å². The Balaban J connectivity index is 1.32. The Morgan fingerprint density at radius 1 is 0.857 bits per heavy atom. The molecule has 2 aromatic carbocycles. The van der Waals surface area contributed by atoms with Crippen molar-refractivity contribution >= 4 is 22.3 Å². The minimum absolute atomic E-state index is 0.0725. The molecule has 0 atom stereocenters. The molecule has 1 saturated heterocycles. The third kappa shape index (κ3) is 3.61. The Hall–Kier alpha value is -3.60. The molecule has 5 heteroatoms. The molecule has 0 bridgehead atoms. The number of benzene rings is 2. The van der Waals surface area contributed by atoms with Crippen LogP contribution >= 0.6 is 0 Å². The number of anilines is 2. The van der Waals surface area contributed by atoms with Crippen LogP contribution in [0.2, 0.25) is 0 Å². The summed E-state index contributed by atoms with van der Waals surface area (Å²) in [6.45, 7) is 3.00. The molecule has 0 unspecified atom stereocenters. The molecule has 2 fully saturated rings. The summed E-state index contributed by atoms with van der Waals surface area (Å²) in [5, 5.41) is 4.40. The van der Waals surface area contributed by atoms with Crippen LogP contribution in [-0.4, -0.2) is 29.3 Å². The van der Waals surface area contributed by atoms with Crippen molar-refractivity contribution in [1.82, 2.24) is 9.66 Å². The van der Waals surface area contributed by atoms with Gasteiger partial charge in [0, 0.05) is 37.4 Å². The molecule has 7 rings (SSSR count). The zero-order chi connectivity index (χ0) is 23.4. The summed E-state index contributed by atoms with van der Waals surface area (Å²) < 4.78 is 1.83. The average Bonchev–Trinajstić information content (AvgIpc) is 3.67. The van der Waals surface area contributed by atoms with E-state index >= 15 is 0 Å². The number of para-hydroxylation sites is 1. The number of piperidine rings is 1. The van der Waals surface area contributed by atoms with Gasteiger partial charge in [-0.3, -0.25) is 9.80 Å². The summed E-state index contributed by atoms with van der Waals surface area (Å²) in [4.78, 5) is 21.2. The summed E-state index contributed by atoms with van der Waals surface area (Å²) in [5.74, 6) is 1.56. The van der Waals surface area contributed by atoms with Crippen LogP contribution in [0, 0.1) is 0 Å². The Morgan fingerprint density at radius 3 is 2.57 bits per heavy atom. The predicted octanol–water partition coefficient (Wildman–Crippen LogP) is 5.76. The van der Waals surface area contributed by atoms with Gasteiger partial charge >= 0.3 is 0 Å². The van der Waals surface area contributed by atoms with Crippen molar-refractivity contribution in [1.29, 1.82) is 0 Å². The van der Waals surface area contributed by atoms with E-state index in [4.69, 9.17) is 4.98 Å². The van der Waals surface area contributed by atoms with E-state index in [9.17, 15) is 4.79 Å². The Morgan fingerprint density at radius 2 is 1.71 bits per heavy atom. The van der Waals surface area contributed by atoms with Crippen molar-refractivity contribution in [3.63, 3.8) is 0 Å². The van der Waals surface area contributed by atoms with Gasteiger partial charge in [-0.15, -0.1) is 0 Å². The van der Waals surface area contributed by atoms with E-state index in [1.807, 2.05) is 17.1 Å². The monoisotopic (exact) mass is 462 g/mol. The molecule has 2 aromatic heterocycles. The van der Waals surface area contributed by atoms with Gasteiger partial charge < -0.3 is 4.90 Å². The van der Waals surface area contributed by atoms with E-state index in [0.29, 0.717) is 5.92 Å². The quantitative estimate of drug-likeness (QED) is 0.387. The molecule has 1 saturated carbocycles. The fourth-order valence-corrected chi connectivity index (χ4v) is 5.88. The van der Waals surface area contributed by atoms with E-state index in [1.54, 1.807) is 0 Å². The largest absolute Gasteiger partial charge is 0.357 e. The summed E-state index contributed by atoms with van der Waals surface area (Å²) in [6, 6.07) is 19.2. The normalized spacial score (nSPS) is 17.7.